The van der Waals surface area contributed by atoms with Gasteiger partial charge in [0.25, 0.3) is 0 Å². The fourth-order valence-electron chi connectivity index (χ4n) is 1.88. The van der Waals surface area contributed by atoms with E-state index in [2.05, 4.69) is 18.1 Å². The van der Waals surface area contributed by atoms with Crippen LogP contribution in [0.25, 0.3) is 0 Å². The van der Waals surface area contributed by atoms with Gasteiger partial charge in [-0.3, -0.25) is 4.79 Å². The van der Waals surface area contributed by atoms with E-state index >= 15 is 0 Å². The van der Waals surface area contributed by atoms with E-state index in [0.29, 0.717) is 6.61 Å². The van der Waals surface area contributed by atoms with Crippen molar-refractivity contribution in [1.29, 1.82) is 0 Å². The minimum absolute atomic E-state index is 0.0367. The van der Waals surface area contributed by atoms with Crippen LogP contribution in [0.5, 0.6) is 0 Å². The number of aryl methyl sites for hydroxylation is 1. The van der Waals surface area contributed by atoms with E-state index in [1.54, 1.807) is 6.08 Å². The number of Topliss-reactive ketones (excluding diaryl/α,β-unsaturated/α-hetero) is 1. The summed E-state index contributed by atoms with van der Waals surface area (Å²) in [5, 5.41) is 0. The number of carbonyl (C=O) groups is 1. The van der Waals surface area contributed by atoms with Crippen LogP contribution in [0.1, 0.15) is 28.7 Å². The minimum Gasteiger partial charge on any atom is -0.369 e. The molecule has 0 aromatic carbocycles. The van der Waals surface area contributed by atoms with E-state index in [1.165, 1.54) is 0 Å². The molecule has 0 aliphatic rings. The molecule has 0 aliphatic carbocycles. The highest BCUT2D eigenvalue weighted by atomic mass is 16.5. The predicted octanol–water partition coefficient (Wildman–Crippen LogP) is 2.51. The first kappa shape index (κ1) is 12.7. The van der Waals surface area contributed by atoms with E-state index in [-0.39, 0.29) is 12.4 Å². The van der Waals surface area contributed by atoms with Crippen LogP contribution in [0.2, 0.25) is 0 Å². The van der Waals surface area contributed by atoms with Gasteiger partial charge in [-0.1, -0.05) is 6.08 Å². The summed E-state index contributed by atoms with van der Waals surface area (Å²) < 4.78 is 7.29. The molecule has 0 amide bonds. The highest BCUT2D eigenvalue weighted by Crippen LogP contribution is 2.15. The normalized spacial score (nSPS) is 10.4. The summed E-state index contributed by atoms with van der Waals surface area (Å²) in [5.41, 5.74) is 2.91. The summed E-state index contributed by atoms with van der Waals surface area (Å²) in [4.78, 5) is 11.8. The second kappa shape index (κ2) is 5.66. The Hall–Kier alpha value is -1.35. The van der Waals surface area contributed by atoms with Gasteiger partial charge in [-0.25, -0.2) is 0 Å². The lowest BCUT2D eigenvalue weighted by atomic mass is 10.1. The molecule has 0 aliphatic heterocycles. The van der Waals surface area contributed by atoms with Crippen molar-refractivity contribution in [2.45, 2.75) is 27.3 Å². The number of hydrogen-bond donors (Lipinski definition) is 0. The Morgan fingerprint density at radius 2 is 2.25 bits per heavy atom. The van der Waals surface area contributed by atoms with Crippen molar-refractivity contribution in [3.05, 3.63) is 35.7 Å². The molecule has 3 nitrogen and oxygen atoms in total. The zero-order chi connectivity index (χ0) is 12.1. The molecule has 0 fully saturated rings. The predicted molar refractivity (Wildman–Crippen MR) is 64.9 cm³/mol. The van der Waals surface area contributed by atoms with E-state index in [0.717, 1.165) is 23.5 Å². The third kappa shape index (κ3) is 2.61. The van der Waals surface area contributed by atoms with E-state index < -0.39 is 0 Å². The zero-order valence-corrected chi connectivity index (χ0v) is 10.2. The van der Waals surface area contributed by atoms with Crippen molar-refractivity contribution >= 4 is 5.78 Å². The Kier molecular flexibility index (Phi) is 4.50. The fraction of sp³-hybridized carbons (Fsp3) is 0.462. The summed E-state index contributed by atoms with van der Waals surface area (Å²) in [7, 11) is 0. The van der Waals surface area contributed by atoms with Crippen LogP contribution in [0.4, 0.5) is 0 Å². The average molecular weight is 221 g/mol. The second-order valence-electron chi connectivity index (χ2n) is 3.76. The smallest absolute Gasteiger partial charge is 0.190 e. The fourth-order valence-corrected chi connectivity index (χ4v) is 1.88. The van der Waals surface area contributed by atoms with Crippen LogP contribution in [0.15, 0.2) is 18.7 Å². The molecule has 0 bridgehead atoms. The molecule has 0 saturated heterocycles. The number of carbonyl (C=O) groups excluding carboxylic acids is 1. The molecule has 1 heterocycles. The van der Waals surface area contributed by atoms with Gasteiger partial charge in [0.1, 0.15) is 6.61 Å². The number of ketones is 1. The first-order valence-corrected chi connectivity index (χ1v) is 5.50. The topological polar surface area (TPSA) is 31.2 Å². The molecular formula is C13H19NO2. The lowest BCUT2D eigenvalue weighted by Gasteiger charge is -2.05. The molecule has 1 aromatic rings. The monoisotopic (exact) mass is 221 g/mol. The van der Waals surface area contributed by atoms with Crippen LogP contribution in [0.3, 0.4) is 0 Å². The van der Waals surface area contributed by atoms with Crippen molar-refractivity contribution < 1.29 is 9.53 Å². The molecule has 0 N–H and O–H groups in total. The van der Waals surface area contributed by atoms with Crippen LogP contribution in [-0.4, -0.2) is 23.6 Å². The number of hydrogen-bond acceptors (Lipinski definition) is 2. The van der Waals surface area contributed by atoms with E-state index in [1.807, 2.05) is 19.9 Å². The van der Waals surface area contributed by atoms with Crippen molar-refractivity contribution in [2.75, 3.05) is 13.2 Å². The highest BCUT2D eigenvalue weighted by molar-refractivity contribution is 5.98. The molecule has 0 spiro atoms. The van der Waals surface area contributed by atoms with Crippen molar-refractivity contribution in [1.82, 2.24) is 4.57 Å². The summed E-state index contributed by atoms with van der Waals surface area (Å²) >= 11 is 0. The molecule has 0 radical (unpaired) electrons. The largest absolute Gasteiger partial charge is 0.369 e. The lowest BCUT2D eigenvalue weighted by molar-refractivity contribution is 0.0805. The third-order valence-corrected chi connectivity index (χ3v) is 2.66. The molecule has 3 heteroatoms. The number of nitrogens with zero attached hydrogens (tertiary/aromatic N) is 1. The first-order chi connectivity index (χ1) is 7.61. The van der Waals surface area contributed by atoms with E-state index in [9.17, 15) is 4.79 Å². The van der Waals surface area contributed by atoms with Gasteiger partial charge in [0, 0.05) is 23.5 Å². The zero-order valence-electron chi connectivity index (χ0n) is 10.2. The number of aromatic nitrogens is 1. The van der Waals surface area contributed by atoms with Crippen LogP contribution >= 0.6 is 0 Å². The highest BCUT2D eigenvalue weighted by Gasteiger charge is 2.14. The Balaban J connectivity index is 2.79. The second-order valence-corrected chi connectivity index (χ2v) is 3.76. The van der Waals surface area contributed by atoms with Gasteiger partial charge in [-0.2, -0.15) is 0 Å². The summed E-state index contributed by atoms with van der Waals surface area (Å²) in [5.74, 6) is 0.0367. The van der Waals surface area contributed by atoms with Crippen LogP contribution in [0, 0.1) is 13.8 Å². The van der Waals surface area contributed by atoms with Crippen LogP contribution in [-0.2, 0) is 11.3 Å². The van der Waals surface area contributed by atoms with Crippen molar-refractivity contribution in [3.63, 3.8) is 0 Å². The maximum atomic E-state index is 11.8. The van der Waals surface area contributed by atoms with Gasteiger partial charge in [0.15, 0.2) is 5.78 Å². The van der Waals surface area contributed by atoms with Gasteiger partial charge in [0.05, 0.1) is 6.61 Å². The molecule has 88 valence electrons. The Bertz CT molecular complexity index is 391. The van der Waals surface area contributed by atoms with Gasteiger partial charge in [0.2, 0.25) is 0 Å². The van der Waals surface area contributed by atoms with E-state index in [4.69, 9.17) is 4.74 Å². The van der Waals surface area contributed by atoms with Gasteiger partial charge >= 0.3 is 0 Å². The Morgan fingerprint density at radius 1 is 1.56 bits per heavy atom. The number of rotatable bonds is 6. The number of ether oxygens (including phenoxy) is 1. The average Bonchev–Trinajstić information content (AvgIpc) is 2.54. The van der Waals surface area contributed by atoms with Crippen LogP contribution < -0.4 is 0 Å². The van der Waals surface area contributed by atoms with Crippen molar-refractivity contribution in [2.24, 2.45) is 0 Å². The maximum absolute atomic E-state index is 11.8. The summed E-state index contributed by atoms with van der Waals surface area (Å²) in [6.45, 7) is 11.0. The molecule has 16 heavy (non-hydrogen) atoms. The lowest BCUT2D eigenvalue weighted by Crippen LogP contribution is -2.10. The summed E-state index contributed by atoms with van der Waals surface area (Å²) in [6.07, 6.45) is 1.64. The molecular weight excluding hydrogens is 202 g/mol. The van der Waals surface area contributed by atoms with Gasteiger partial charge in [-0.05, 0) is 26.8 Å². The Morgan fingerprint density at radius 3 is 2.75 bits per heavy atom. The molecule has 1 aromatic heterocycles. The van der Waals surface area contributed by atoms with Crippen molar-refractivity contribution in [3.8, 4) is 0 Å². The molecule has 0 atom stereocenters. The third-order valence-electron chi connectivity index (χ3n) is 2.66. The maximum Gasteiger partial charge on any atom is 0.190 e. The quantitative estimate of drug-likeness (QED) is 0.420. The Labute approximate surface area is 96.7 Å². The van der Waals surface area contributed by atoms with Gasteiger partial charge < -0.3 is 9.30 Å². The SMILES string of the molecule is C=CCOCC(=O)c1cc(C)n(CC)c1C. The van der Waals surface area contributed by atoms with Gasteiger partial charge in [-0.15, -0.1) is 6.58 Å². The minimum atomic E-state index is 0.0367. The molecule has 1 rings (SSSR count). The standard InChI is InChI=1S/C13H19NO2/c1-5-7-16-9-13(15)12-8-10(3)14(6-2)11(12)4/h5,8H,1,6-7,9H2,2-4H3. The summed E-state index contributed by atoms with van der Waals surface area (Å²) in [6, 6.07) is 1.93. The molecule has 0 unspecified atom stereocenters. The molecule has 0 saturated carbocycles. The first-order valence-electron chi connectivity index (χ1n) is 5.50.